The van der Waals surface area contributed by atoms with E-state index in [1.165, 1.54) is 12.8 Å². The summed E-state index contributed by atoms with van der Waals surface area (Å²) in [6.07, 6.45) is 9.09. The standard InChI is InChI=1S/C28H36BrNO4/c1-4-6-7-8-15-34-28-19(29)16-18(17-24(28)33-5-2)25-26-20(11-9-13-22(26)31)30(3)21-12-10-14-23(32)27(21)25/h16-17,25H,4-15H2,1-3H3. The maximum atomic E-state index is 13.2. The molecule has 0 atom stereocenters. The Hall–Kier alpha value is -2.08. The molecule has 0 saturated heterocycles. The number of carbonyl (C=O) groups excluding carboxylic acids is 2. The molecule has 184 valence electrons. The van der Waals surface area contributed by atoms with Crippen molar-refractivity contribution in [3.05, 3.63) is 44.7 Å². The molecule has 1 heterocycles. The van der Waals surface area contributed by atoms with Crippen LogP contribution in [0.4, 0.5) is 0 Å². The fourth-order valence-corrected chi connectivity index (χ4v) is 6.12. The Balaban J connectivity index is 1.77. The van der Waals surface area contributed by atoms with Crippen LogP contribution in [0.5, 0.6) is 11.5 Å². The van der Waals surface area contributed by atoms with Crippen LogP contribution in [-0.2, 0) is 9.59 Å². The van der Waals surface area contributed by atoms with E-state index in [1.807, 2.05) is 26.1 Å². The van der Waals surface area contributed by atoms with Gasteiger partial charge in [0.2, 0.25) is 0 Å². The molecule has 2 aliphatic carbocycles. The van der Waals surface area contributed by atoms with E-state index in [0.717, 1.165) is 71.1 Å². The van der Waals surface area contributed by atoms with Gasteiger partial charge in [0.05, 0.1) is 17.7 Å². The van der Waals surface area contributed by atoms with Gasteiger partial charge >= 0.3 is 0 Å². The number of halogens is 1. The SMILES string of the molecule is CCCCCCOc1c(Br)cc(C2C3=C(CCCC3=O)N(C)C3=C2C(=O)CCC3)cc1OCC. The highest BCUT2D eigenvalue weighted by molar-refractivity contribution is 9.10. The monoisotopic (exact) mass is 529 g/mol. The van der Waals surface area contributed by atoms with E-state index in [4.69, 9.17) is 9.47 Å². The molecule has 6 heteroatoms. The van der Waals surface area contributed by atoms with E-state index < -0.39 is 0 Å². The van der Waals surface area contributed by atoms with Crippen LogP contribution in [0.2, 0.25) is 0 Å². The van der Waals surface area contributed by atoms with E-state index in [0.29, 0.717) is 37.6 Å². The second-order valence-corrected chi connectivity index (χ2v) is 10.3. The molecular formula is C28H36BrNO4. The number of hydrogen-bond donors (Lipinski definition) is 0. The number of Topliss-reactive ketones (excluding diaryl/α,β-unsaturated/α-hetero) is 2. The molecule has 1 aromatic carbocycles. The van der Waals surface area contributed by atoms with Gasteiger partial charge in [0.15, 0.2) is 23.1 Å². The first-order valence-electron chi connectivity index (χ1n) is 12.8. The van der Waals surface area contributed by atoms with Crippen molar-refractivity contribution in [1.82, 2.24) is 4.90 Å². The highest BCUT2D eigenvalue weighted by Crippen LogP contribution is 2.50. The number of allylic oxidation sites excluding steroid dienone is 4. The summed E-state index contributed by atoms with van der Waals surface area (Å²) in [4.78, 5) is 28.6. The van der Waals surface area contributed by atoms with Gasteiger partial charge < -0.3 is 14.4 Å². The van der Waals surface area contributed by atoms with Crippen LogP contribution >= 0.6 is 15.9 Å². The summed E-state index contributed by atoms with van der Waals surface area (Å²) < 4.78 is 13.0. The highest BCUT2D eigenvalue weighted by Gasteiger charge is 2.42. The zero-order chi connectivity index (χ0) is 24.2. The molecule has 34 heavy (non-hydrogen) atoms. The van der Waals surface area contributed by atoms with Crippen molar-refractivity contribution in [2.24, 2.45) is 0 Å². The molecule has 1 aliphatic heterocycles. The molecule has 0 fully saturated rings. The summed E-state index contributed by atoms with van der Waals surface area (Å²) in [5.41, 5.74) is 4.68. The van der Waals surface area contributed by atoms with E-state index in [-0.39, 0.29) is 17.5 Å². The minimum absolute atomic E-state index is 0.161. The molecule has 0 N–H and O–H groups in total. The molecule has 4 rings (SSSR count). The molecular weight excluding hydrogens is 494 g/mol. The number of ether oxygens (including phenoxy) is 2. The van der Waals surface area contributed by atoms with Crippen LogP contribution in [-0.4, -0.2) is 36.7 Å². The van der Waals surface area contributed by atoms with Crippen molar-refractivity contribution in [2.45, 2.75) is 84.0 Å². The topological polar surface area (TPSA) is 55.8 Å². The number of rotatable bonds is 9. The normalized spacial score (nSPS) is 18.9. The average Bonchev–Trinajstić information content (AvgIpc) is 2.82. The summed E-state index contributed by atoms with van der Waals surface area (Å²) in [7, 11) is 2.02. The Kier molecular flexibility index (Phi) is 8.18. The molecule has 0 saturated carbocycles. The van der Waals surface area contributed by atoms with Crippen molar-refractivity contribution >= 4 is 27.5 Å². The fraction of sp³-hybridized carbons (Fsp3) is 0.571. The predicted molar refractivity (Wildman–Crippen MR) is 137 cm³/mol. The lowest BCUT2D eigenvalue weighted by atomic mass is 9.71. The lowest BCUT2D eigenvalue weighted by molar-refractivity contribution is -0.117. The van der Waals surface area contributed by atoms with Crippen LogP contribution in [0.25, 0.3) is 0 Å². The van der Waals surface area contributed by atoms with E-state index in [2.05, 4.69) is 27.8 Å². The minimum Gasteiger partial charge on any atom is -0.490 e. The molecule has 0 radical (unpaired) electrons. The third-order valence-electron chi connectivity index (χ3n) is 7.15. The van der Waals surface area contributed by atoms with Crippen molar-refractivity contribution in [1.29, 1.82) is 0 Å². The van der Waals surface area contributed by atoms with Crippen molar-refractivity contribution < 1.29 is 19.1 Å². The fourth-order valence-electron chi connectivity index (χ4n) is 5.55. The first-order valence-corrected chi connectivity index (χ1v) is 13.6. The quantitative estimate of drug-likeness (QED) is 0.327. The van der Waals surface area contributed by atoms with Gasteiger partial charge in [-0.1, -0.05) is 26.2 Å². The second-order valence-electron chi connectivity index (χ2n) is 9.44. The Bertz CT molecular complexity index is 981. The van der Waals surface area contributed by atoms with Crippen molar-refractivity contribution in [3.8, 4) is 11.5 Å². The third-order valence-corrected chi connectivity index (χ3v) is 7.74. The zero-order valence-electron chi connectivity index (χ0n) is 20.7. The van der Waals surface area contributed by atoms with Crippen LogP contribution in [0.3, 0.4) is 0 Å². The summed E-state index contributed by atoms with van der Waals surface area (Å²) in [5, 5.41) is 0. The number of benzene rings is 1. The maximum Gasteiger partial charge on any atom is 0.175 e. The molecule has 0 spiro atoms. The van der Waals surface area contributed by atoms with Gasteiger partial charge in [-0.05, 0) is 72.7 Å². The second kappa shape index (κ2) is 11.1. The predicted octanol–water partition coefficient (Wildman–Crippen LogP) is 6.85. The summed E-state index contributed by atoms with van der Waals surface area (Å²) in [6, 6.07) is 4.02. The summed E-state index contributed by atoms with van der Waals surface area (Å²) >= 11 is 3.72. The number of nitrogens with zero attached hydrogens (tertiary/aromatic N) is 1. The molecule has 5 nitrogen and oxygen atoms in total. The first-order chi connectivity index (χ1) is 16.5. The van der Waals surface area contributed by atoms with Crippen LogP contribution < -0.4 is 9.47 Å². The Labute approximate surface area is 211 Å². The highest BCUT2D eigenvalue weighted by atomic mass is 79.9. The Morgan fingerprint density at radius 3 is 2.15 bits per heavy atom. The largest absolute Gasteiger partial charge is 0.490 e. The summed E-state index contributed by atoms with van der Waals surface area (Å²) in [5.74, 6) is 1.35. The molecule has 1 aromatic rings. The third kappa shape index (κ3) is 4.84. The lowest BCUT2D eigenvalue weighted by Gasteiger charge is -2.42. The molecule has 0 unspecified atom stereocenters. The molecule has 0 bridgehead atoms. The molecule has 0 aromatic heterocycles. The van der Waals surface area contributed by atoms with Gasteiger partial charge in [-0.15, -0.1) is 0 Å². The van der Waals surface area contributed by atoms with Gasteiger partial charge in [0, 0.05) is 48.3 Å². The lowest BCUT2D eigenvalue weighted by Crippen LogP contribution is -2.37. The van der Waals surface area contributed by atoms with E-state index in [1.54, 1.807) is 0 Å². The first kappa shape index (κ1) is 25.0. The average molecular weight is 531 g/mol. The van der Waals surface area contributed by atoms with Gasteiger partial charge in [0.1, 0.15) is 0 Å². The Morgan fingerprint density at radius 1 is 0.912 bits per heavy atom. The maximum absolute atomic E-state index is 13.2. The van der Waals surface area contributed by atoms with Crippen molar-refractivity contribution in [3.63, 3.8) is 0 Å². The van der Waals surface area contributed by atoms with Crippen LogP contribution in [0.1, 0.15) is 89.5 Å². The van der Waals surface area contributed by atoms with Crippen LogP contribution in [0, 0.1) is 0 Å². The van der Waals surface area contributed by atoms with Crippen LogP contribution in [0.15, 0.2) is 39.1 Å². The zero-order valence-corrected chi connectivity index (χ0v) is 22.3. The number of carbonyl (C=O) groups is 2. The van der Waals surface area contributed by atoms with Gasteiger partial charge in [0.25, 0.3) is 0 Å². The molecule has 3 aliphatic rings. The van der Waals surface area contributed by atoms with E-state index in [9.17, 15) is 9.59 Å². The number of unbranched alkanes of at least 4 members (excludes halogenated alkanes) is 3. The number of ketones is 2. The van der Waals surface area contributed by atoms with E-state index >= 15 is 0 Å². The smallest absolute Gasteiger partial charge is 0.175 e. The number of hydrogen-bond acceptors (Lipinski definition) is 5. The molecule has 0 amide bonds. The van der Waals surface area contributed by atoms with Gasteiger partial charge in [-0.25, -0.2) is 0 Å². The van der Waals surface area contributed by atoms with Gasteiger partial charge in [-0.2, -0.15) is 0 Å². The van der Waals surface area contributed by atoms with Gasteiger partial charge in [-0.3, -0.25) is 9.59 Å². The minimum atomic E-state index is -0.337. The summed E-state index contributed by atoms with van der Waals surface area (Å²) in [6.45, 7) is 5.29. The Morgan fingerprint density at radius 2 is 1.56 bits per heavy atom. The van der Waals surface area contributed by atoms with Crippen molar-refractivity contribution in [2.75, 3.05) is 20.3 Å².